The van der Waals surface area contributed by atoms with Gasteiger partial charge in [-0.25, -0.2) is 0 Å². The number of hydrogen-bond acceptors (Lipinski definition) is 2. The minimum absolute atomic E-state index is 0.0512. The maximum atomic E-state index is 12.3. The van der Waals surface area contributed by atoms with Crippen molar-refractivity contribution in [3.63, 3.8) is 0 Å². The molecule has 1 atom stereocenters. The highest BCUT2D eigenvalue weighted by molar-refractivity contribution is 5.92. The summed E-state index contributed by atoms with van der Waals surface area (Å²) in [5.41, 5.74) is -0.0961. The van der Waals surface area contributed by atoms with Crippen LogP contribution in [0.2, 0.25) is 0 Å². The van der Waals surface area contributed by atoms with Gasteiger partial charge in [0.05, 0.1) is 11.7 Å². The predicted molar refractivity (Wildman–Crippen MR) is 58.2 cm³/mol. The predicted octanol–water partition coefficient (Wildman–Crippen LogP) is 1.49. The molecule has 3 rings (SSSR count). The summed E-state index contributed by atoms with van der Waals surface area (Å²) >= 11 is 0. The summed E-state index contributed by atoms with van der Waals surface area (Å²) in [5, 5.41) is 3.47. The average molecular weight is 208 g/mol. The molecule has 3 nitrogen and oxygen atoms in total. The van der Waals surface area contributed by atoms with Gasteiger partial charge < -0.3 is 4.90 Å². The zero-order valence-corrected chi connectivity index (χ0v) is 9.84. The molecular weight excluding hydrogens is 188 g/mol. The summed E-state index contributed by atoms with van der Waals surface area (Å²) in [7, 11) is 0. The molecule has 1 saturated heterocycles. The van der Waals surface area contributed by atoms with Gasteiger partial charge >= 0.3 is 0 Å². The quantitative estimate of drug-likeness (QED) is 0.745. The van der Waals surface area contributed by atoms with Crippen molar-refractivity contribution < 1.29 is 4.79 Å². The molecule has 0 bridgehead atoms. The van der Waals surface area contributed by atoms with Gasteiger partial charge in [0.1, 0.15) is 0 Å². The molecular formula is C12H20N2O. The van der Waals surface area contributed by atoms with Gasteiger partial charge in [0.2, 0.25) is 5.91 Å². The molecule has 3 fully saturated rings. The smallest absolute Gasteiger partial charge is 0.244 e. The van der Waals surface area contributed by atoms with Crippen LogP contribution in [-0.4, -0.2) is 28.1 Å². The number of rotatable bonds is 2. The number of carbonyl (C=O) groups is 1. The minimum atomic E-state index is -0.147. The largest absolute Gasteiger partial charge is 0.320 e. The van der Waals surface area contributed by atoms with Gasteiger partial charge in [-0.15, -0.1) is 0 Å². The van der Waals surface area contributed by atoms with Crippen molar-refractivity contribution in [3.05, 3.63) is 0 Å². The van der Waals surface area contributed by atoms with E-state index in [2.05, 4.69) is 31.0 Å². The van der Waals surface area contributed by atoms with Gasteiger partial charge in [0.25, 0.3) is 0 Å². The molecule has 1 amide bonds. The van der Waals surface area contributed by atoms with E-state index in [0.717, 1.165) is 18.8 Å². The third-order valence-corrected chi connectivity index (χ3v) is 4.45. The van der Waals surface area contributed by atoms with E-state index in [9.17, 15) is 4.79 Å². The first kappa shape index (κ1) is 9.64. The molecule has 1 unspecified atom stereocenters. The van der Waals surface area contributed by atoms with Gasteiger partial charge in [-0.3, -0.25) is 10.1 Å². The Hall–Kier alpha value is -0.570. The number of amides is 1. The van der Waals surface area contributed by atoms with Crippen LogP contribution in [0, 0.1) is 5.92 Å². The highest BCUT2D eigenvalue weighted by atomic mass is 16.2. The van der Waals surface area contributed by atoms with E-state index in [0.29, 0.717) is 5.91 Å². The zero-order valence-electron chi connectivity index (χ0n) is 9.84. The monoisotopic (exact) mass is 208 g/mol. The fourth-order valence-corrected chi connectivity index (χ4v) is 3.16. The fraction of sp³-hybridized carbons (Fsp3) is 0.917. The van der Waals surface area contributed by atoms with Gasteiger partial charge in [-0.05, 0) is 52.4 Å². The molecule has 3 heteroatoms. The van der Waals surface area contributed by atoms with E-state index < -0.39 is 0 Å². The second kappa shape index (κ2) is 2.57. The molecule has 2 aliphatic carbocycles. The highest BCUT2D eigenvalue weighted by Crippen LogP contribution is 2.49. The van der Waals surface area contributed by atoms with E-state index in [1.54, 1.807) is 0 Å². The van der Waals surface area contributed by atoms with Crippen LogP contribution in [0.1, 0.15) is 46.5 Å². The third kappa shape index (κ3) is 1.19. The maximum absolute atomic E-state index is 12.3. The van der Waals surface area contributed by atoms with E-state index >= 15 is 0 Å². The van der Waals surface area contributed by atoms with Crippen LogP contribution < -0.4 is 5.32 Å². The molecule has 0 aromatic heterocycles. The van der Waals surface area contributed by atoms with Crippen molar-refractivity contribution in [3.8, 4) is 0 Å². The van der Waals surface area contributed by atoms with Crippen LogP contribution in [0.4, 0.5) is 0 Å². The summed E-state index contributed by atoms with van der Waals surface area (Å²) < 4.78 is 0. The van der Waals surface area contributed by atoms with E-state index in [-0.39, 0.29) is 17.2 Å². The normalized spacial score (nSPS) is 33.9. The van der Waals surface area contributed by atoms with Crippen molar-refractivity contribution in [1.29, 1.82) is 0 Å². The maximum Gasteiger partial charge on any atom is 0.244 e. The van der Waals surface area contributed by atoms with Gasteiger partial charge in [0, 0.05) is 5.54 Å². The first-order valence-electron chi connectivity index (χ1n) is 6.09. The molecule has 0 radical (unpaired) electrons. The second-order valence-electron chi connectivity index (χ2n) is 6.01. The molecule has 1 spiro atoms. The van der Waals surface area contributed by atoms with E-state index in [4.69, 9.17) is 0 Å². The average Bonchev–Trinajstić information content (AvgIpc) is 2.97. The standard InChI is InChI=1S/C12H20N2O/c1-8-13-12(6-7-12)10(15)14(8)11(2,3)9-4-5-9/h8-9,13H,4-7H2,1-3H3. The number of carbonyl (C=O) groups excluding carboxylic acids is 1. The van der Waals surface area contributed by atoms with Crippen molar-refractivity contribution in [2.75, 3.05) is 0 Å². The molecule has 3 aliphatic rings. The van der Waals surface area contributed by atoms with E-state index in [1.165, 1.54) is 12.8 Å². The molecule has 0 aromatic rings. The van der Waals surface area contributed by atoms with Crippen molar-refractivity contribution >= 4 is 5.91 Å². The Balaban J connectivity index is 1.88. The number of nitrogens with zero attached hydrogens (tertiary/aromatic N) is 1. The lowest BCUT2D eigenvalue weighted by molar-refractivity contribution is -0.136. The van der Waals surface area contributed by atoms with Crippen molar-refractivity contribution in [2.24, 2.45) is 5.92 Å². The summed E-state index contributed by atoms with van der Waals surface area (Å²) in [6.45, 7) is 6.57. The van der Waals surface area contributed by atoms with Crippen molar-refractivity contribution in [1.82, 2.24) is 10.2 Å². The summed E-state index contributed by atoms with van der Waals surface area (Å²) in [6, 6.07) is 0. The Morgan fingerprint density at radius 2 is 2.00 bits per heavy atom. The lowest BCUT2D eigenvalue weighted by Gasteiger charge is -2.38. The molecule has 15 heavy (non-hydrogen) atoms. The molecule has 1 heterocycles. The van der Waals surface area contributed by atoms with Crippen LogP contribution in [0.15, 0.2) is 0 Å². The minimum Gasteiger partial charge on any atom is -0.320 e. The van der Waals surface area contributed by atoms with Crippen molar-refractivity contribution in [2.45, 2.75) is 63.7 Å². The van der Waals surface area contributed by atoms with Crippen LogP contribution in [-0.2, 0) is 4.79 Å². The highest BCUT2D eigenvalue weighted by Gasteiger charge is 2.62. The Kier molecular flexibility index (Phi) is 1.65. The Labute approximate surface area is 91.2 Å². The summed E-state index contributed by atoms with van der Waals surface area (Å²) in [6.07, 6.45) is 4.86. The summed E-state index contributed by atoms with van der Waals surface area (Å²) in [5.74, 6) is 1.08. The molecule has 1 aliphatic heterocycles. The number of hydrogen-bond donors (Lipinski definition) is 1. The van der Waals surface area contributed by atoms with Crippen LogP contribution in [0.3, 0.4) is 0 Å². The number of nitrogens with one attached hydrogen (secondary N) is 1. The third-order valence-electron chi connectivity index (χ3n) is 4.45. The van der Waals surface area contributed by atoms with Crippen LogP contribution in [0.25, 0.3) is 0 Å². The summed E-state index contributed by atoms with van der Waals surface area (Å²) in [4.78, 5) is 14.5. The van der Waals surface area contributed by atoms with Gasteiger partial charge in [-0.2, -0.15) is 0 Å². The lowest BCUT2D eigenvalue weighted by Crippen LogP contribution is -2.51. The van der Waals surface area contributed by atoms with Crippen LogP contribution in [0.5, 0.6) is 0 Å². The second-order valence-corrected chi connectivity index (χ2v) is 6.01. The fourth-order valence-electron chi connectivity index (χ4n) is 3.16. The molecule has 0 aromatic carbocycles. The molecule has 84 valence electrons. The van der Waals surface area contributed by atoms with Gasteiger partial charge in [0.15, 0.2) is 0 Å². The zero-order chi connectivity index (χ0) is 10.8. The van der Waals surface area contributed by atoms with Gasteiger partial charge in [-0.1, -0.05) is 0 Å². The SMILES string of the molecule is CC1NC2(CC2)C(=O)N1C(C)(C)C1CC1. The Morgan fingerprint density at radius 3 is 2.40 bits per heavy atom. The molecule has 2 saturated carbocycles. The lowest BCUT2D eigenvalue weighted by atomic mass is 9.95. The first-order valence-corrected chi connectivity index (χ1v) is 6.09. The Morgan fingerprint density at radius 1 is 1.40 bits per heavy atom. The van der Waals surface area contributed by atoms with E-state index in [1.807, 2.05) is 0 Å². The Bertz CT molecular complexity index is 316. The first-order chi connectivity index (χ1) is 6.97. The topological polar surface area (TPSA) is 32.3 Å². The molecule has 1 N–H and O–H groups in total. The van der Waals surface area contributed by atoms with Crippen LogP contribution >= 0.6 is 0 Å².